The van der Waals surface area contributed by atoms with Crippen molar-refractivity contribution in [3.8, 4) is 0 Å². The van der Waals surface area contributed by atoms with Crippen molar-refractivity contribution < 1.29 is 4.42 Å². The summed E-state index contributed by atoms with van der Waals surface area (Å²) in [7, 11) is 0. The molecule has 2 heterocycles. The van der Waals surface area contributed by atoms with Crippen molar-refractivity contribution >= 4 is 34.5 Å². The third kappa shape index (κ3) is 1.81. The van der Waals surface area contributed by atoms with Gasteiger partial charge in [-0.05, 0) is 12.1 Å². The van der Waals surface area contributed by atoms with Crippen LogP contribution in [-0.4, -0.2) is 0 Å². The van der Waals surface area contributed by atoms with Crippen LogP contribution < -0.4 is 5.73 Å². The lowest BCUT2D eigenvalue weighted by atomic mass is 10.1. The number of furan rings is 1. The van der Waals surface area contributed by atoms with Gasteiger partial charge in [0.25, 0.3) is 0 Å². The van der Waals surface area contributed by atoms with Gasteiger partial charge in [0.15, 0.2) is 0 Å². The fourth-order valence-corrected chi connectivity index (χ4v) is 2.75. The van der Waals surface area contributed by atoms with Crippen molar-refractivity contribution in [1.82, 2.24) is 0 Å². The minimum Gasteiger partial charge on any atom is -0.472 e. The molecule has 2 aromatic rings. The highest BCUT2D eigenvalue weighted by atomic mass is 35.5. The Morgan fingerprint density at radius 2 is 2.21 bits per heavy atom. The Kier molecular flexibility index (Phi) is 2.83. The summed E-state index contributed by atoms with van der Waals surface area (Å²) < 4.78 is 6.22. The third-order valence-corrected chi connectivity index (χ3v) is 3.44. The minimum atomic E-state index is -0.273. The van der Waals surface area contributed by atoms with Gasteiger partial charge in [0.2, 0.25) is 0 Å². The lowest BCUT2D eigenvalue weighted by Gasteiger charge is -2.06. The molecule has 14 heavy (non-hydrogen) atoms. The fourth-order valence-electron chi connectivity index (χ4n) is 1.20. The number of halogens is 2. The third-order valence-electron chi connectivity index (χ3n) is 1.92. The first kappa shape index (κ1) is 10.1. The Bertz CT molecular complexity index is 424. The number of thiophene rings is 1. The molecule has 0 bridgehead atoms. The van der Waals surface area contributed by atoms with Gasteiger partial charge in [-0.2, -0.15) is 0 Å². The lowest BCUT2D eigenvalue weighted by molar-refractivity contribution is 0.562. The first-order chi connectivity index (χ1) is 6.68. The smallest absolute Gasteiger partial charge is 0.0995 e. The van der Waals surface area contributed by atoms with Crippen LogP contribution in [0.1, 0.15) is 17.2 Å². The fraction of sp³-hybridized carbons (Fsp3) is 0.111. The Morgan fingerprint density at radius 3 is 2.71 bits per heavy atom. The molecule has 5 heteroatoms. The molecule has 74 valence electrons. The van der Waals surface area contributed by atoms with Gasteiger partial charge in [-0.1, -0.05) is 23.2 Å². The second-order valence-electron chi connectivity index (χ2n) is 2.81. The highest BCUT2D eigenvalue weighted by Crippen LogP contribution is 2.36. The van der Waals surface area contributed by atoms with E-state index in [1.165, 1.54) is 11.3 Å². The van der Waals surface area contributed by atoms with Gasteiger partial charge in [-0.25, -0.2) is 0 Å². The Labute approximate surface area is 95.2 Å². The molecular formula is C9H7Cl2NOS. The van der Waals surface area contributed by atoms with Crippen molar-refractivity contribution in [1.29, 1.82) is 0 Å². The highest BCUT2D eigenvalue weighted by molar-refractivity contribution is 7.20. The van der Waals surface area contributed by atoms with E-state index in [9.17, 15) is 0 Å². The number of hydrogen-bond acceptors (Lipinski definition) is 3. The summed E-state index contributed by atoms with van der Waals surface area (Å²) >= 11 is 13.1. The van der Waals surface area contributed by atoms with E-state index < -0.39 is 0 Å². The molecule has 0 saturated heterocycles. The molecule has 2 nitrogen and oxygen atoms in total. The predicted octanol–water partition coefficient (Wildman–Crippen LogP) is 3.70. The Balaban J connectivity index is 2.36. The summed E-state index contributed by atoms with van der Waals surface area (Å²) in [6.45, 7) is 0. The standard InChI is InChI=1S/C9H7Cl2NOS/c10-7-3-6(9(11)14-7)8(12)5-1-2-13-4-5/h1-4,8H,12H2. The maximum absolute atomic E-state index is 5.98. The lowest BCUT2D eigenvalue weighted by Crippen LogP contribution is -2.10. The summed E-state index contributed by atoms with van der Waals surface area (Å²) in [4.78, 5) is 0. The van der Waals surface area contributed by atoms with Crippen LogP contribution in [-0.2, 0) is 0 Å². The molecule has 0 aromatic carbocycles. The molecular weight excluding hydrogens is 241 g/mol. The average Bonchev–Trinajstić information content (AvgIpc) is 2.73. The van der Waals surface area contributed by atoms with Crippen molar-refractivity contribution in [3.63, 3.8) is 0 Å². The van der Waals surface area contributed by atoms with Crippen LogP contribution in [0.15, 0.2) is 29.1 Å². The van der Waals surface area contributed by atoms with Gasteiger partial charge in [0.05, 0.1) is 27.2 Å². The quantitative estimate of drug-likeness (QED) is 0.880. The van der Waals surface area contributed by atoms with E-state index in [-0.39, 0.29) is 6.04 Å². The summed E-state index contributed by atoms with van der Waals surface area (Å²) in [6.07, 6.45) is 3.18. The first-order valence-electron chi connectivity index (χ1n) is 3.91. The zero-order valence-corrected chi connectivity index (χ0v) is 9.36. The molecule has 2 aromatic heterocycles. The summed E-state index contributed by atoms with van der Waals surface area (Å²) in [5, 5.41) is 0. The zero-order chi connectivity index (χ0) is 10.1. The normalized spacial score (nSPS) is 13.1. The van der Waals surface area contributed by atoms with Gasteiger partial charge in [0, 0.05) is 11.1 Å². The summed E-state index contributed by atoms with van der Waals surface area (Å²) in [5.74, 6) is 0. The van der Waals surface area contributed by atoms with E-state index in [1.54, 1.807) is 18.6 Å². The molecule has 0 spiro atoms. The molecule has 0 fully saturated rings. The van der Waals surface area contributed by atoms with Crippen LogP contribution in [0.4, 0.5) is 0 Å². The molecule has 0 aliphatic heterocycles. The van der Waals surface area contributed by atoms with Crippen molar-refractivity contribution in [2.45, 2.75) is 6.04 Å². The predicted molar refractivity (Wildman–Crippen MR) is 59.1 cm³/mol. The van der Waals surface area contributed by atoms with E-state index in [2.05, 4.69) is 0 Å². The van der Waals surface area contributed by atoms with Crippen molar-refractivity contribution in [2.75, 3.05) is 0 Å². The van der Waals surface area contributed by atoms with Crippen LogP contribution >= 0.6 is 34.5 Å². The van der Waals surface area contributed by atoms with E-state index in [4.69, 9.17) is 33.4 Å². The Hall–Kier alpha value is -0.480. The number of hydrogen-bond donors (Lipinski definition) is 1. The molecule has 0 radical (unpaired) electrons. The second-order valence-corrected chi connectivity index (χ2v) is 5.10. The molecule has 0 saturated carbocycles. The van der Waals surface area contributed by atoms with E-state index in [1.807, 2.05) is 6.07 Å². The number of rotatable bonds is 2. The van der Waals surface area contributed by atoms with E-state index >= 15 is 0 Å². The zero-order valence-electron chi connectivity index (χ0n) is 7.04. The molecule has 1 unspecified atom stereocenters. The van der Waals surface area contributed by atoms with Crippen LogP contribution in [0.5, 0.6) is 0 Å². The maximum atomic E-state index is 5.98. The van der Waals surface area contributed by atoms with Crippen molar-refractivity contribution in [3.05, 3.63) is 44.5 Å². The van der Waals surface area contributed by atoms with Crippen molar-refractivity contribution in [2.24, 2.45) is 5.73 Å². The molecule has 1 atom stereocenters. The molecule has 0 aliphatic rings. The van der Waals surface area contributed by atoms with Gasteiger partial charge >= 0.3 is 0 Å². The summed E-state index contributed by atoms with van der Waals surface area (Å²) in [5.41, 5.74) is 7.70. The molecule has 2 N–H and O–H groups in total. The Morgan fingerprint density at radius 1 is 1.43 bits per heavy atom. The van der Waals surface area contributed by atoms with Gasteiger partial charge < -0.3 is 10.2 Å². The monoisotopic (exact) mass is 247 g/mol. The van der Waals surface area contributed by atoms with Crippen LogP contribution in [0.2, 0.25) is 8.67 Å². The average molecular weight is 248 g/mol. The number of nitrogens with two attached hydrogens (primary N) is 1. The van der Waals surface area contributed by atoms with E-state index in [0.717, 1.165) is 11.1 Å². The minimum absolute atomic E-state index is 0.273. The van der Waals surface area contributed by atoms with Crippen LogP contribution in [0.25, 0.3) is 0 Å². The van der Waals surface area contributed by atoms with Gasteiger partial charge in [-0.15, -0.1) is 11.3 Å². The highest BCUT2D eigenvalue weighted by Gasteiger charge is 2.16. The SMILES string of the molecule is NC(c1ccoc1)c1cc(Cl)sc1Cl. The largest absolute Gasteiger partial charge is 0.472 e. The van der Waals surface area contributed by atoms with Crippen LogP contribution in [0.3, 0.4) is 0 Å². The van der Waals surface area contributed by atoms with Gasteiger partial charge in [0.1, 0.15) is 0 Å². The second kappa shape index (κ2) is 3.95. The molecule has 0 amide bonds. The van der Waals surface area contributed by atoms with Crippen LogP contribution in [0, 0.1) is 0 Å². The van der Waals surface area contributed by atoms with E-state index in [0.29, 0.717) is 8.67 Å². The van der Waals surface area contributed by atoms with Gasteiger partial charge in [-0.3, -0.25) is 0 Å². The molecule has 2 rings (SSSR count). The first-order valence-corrected chi connectivity index (χ1v) is 5.48. The molecule has 0 aliphatic carbocycles. The summed E-state index contributed by atoms with van der Waals surface area (Å²) in [6, 6.07) is 3.32. The topological polar surface area (TPSA) is 39.2 Å². The maximum Gasteiger partial charge on any atom is 0.0995 e.